The highest BCUT2D eigenvalue weighted by molar-refractivity contribution is 7.91. The lowest BCUT2D eigenvalue weighted by molar-refractivity contribution is 0.171. The van der Waals surface area contributed by atoms with Crippen LogP contribution < -0.4 is 15.2 Å². The Morgan fingerprint density at radius 1 is 1.21 bits per heavy atom. The van der Waals surface area contributed by atoms with Crippen molar-refractivity contribution in [1.29, 1.82) is 0 Å². The van der Waals surface area contributed by atoms with Crippen molar-refractivity contribution in [3.05, 3.63) is 18.2 Å². The third kappa shape index (κ3) is 2.69. The largest absolute Gasteiger partial charge is 0.486 e. The molecular formula is C13H17NO4S. The Bertz CT molecular complexity index is 580. The van der Waals surface area contributed by atoms with Gasteiger partial charge in [-0.3, -0.25) is 0 Å². The van der Waals surface area contributed by atoms with Crippen LogP contribution >= 0.6 is 0 Å². The van der Waals surface area contributed by atoms with Gasteiger partial charge >= 0.3 is 0 Å². The minimum Gasteiger partial charge on any atom is -0.486 e. The third-order valence-corrected chi connectivity index (χ3v) is 5.31. The number of hydrogen-bond donors (Lipinski definition) is 1. The van der Waals surface area contributed by atoms with Crippen molar-refractivity contribution in [1.82, 2.24) is 0 Å². The summed E-state index contributed by atoms with van der Waals surface area (Å²) in [5.41, 5.74) is 5.91. The van der Waals surface area contributed by atoms with Crippen LogP contribution in [-0.2, 0) is 9.84 Å². The second-order valence-corrected chi connectivity index (χ2v) is 7.12. The maximum atomic E-state index is 12.3. The topological polar surface area (TPSA) is 78.6 Å². The lowest BCUT2D eigenvalue weighted by Crippen LogP contribution is -2.31. The smallest absolute Gasteiger partial charge is 0.180 e. The van der Waals surface area contributed by atoms with Gasteiger partial charge in [0.05, 0.1) is 10.6 Å². The molecule has 1 saturated carbocycles. The van der Waals surface area contributed by atoms with E-state index in [0.717, 1.165) is 12.8 Å². The van der Waals surface area contributed by atoms with Crippen LogP contribution in [0.1, 0.15) is 12.8 Å². The summed E-state index contributed by atoms with van der Waals surface area (Å²) in [6, 6.07) is 4.47. The molecule has 0 spiro atoms. The van der Waals surface area contributed by atoms with Crippen molar-refractivity contribution in [2.24, 2.45) is 11.7 Å². The zero-order chi connectivity index (χ0) is 13.5. The van der Waals surface area contributed by atoms with E-state index in [1.807, 2.05) is 0 Å². The van der Waals surface area contributed by atoms with Gasteiger partial charge in [-0.05, 0) is 30.9 Å². The van der Waals surface area contributed by atoms with Crippen molar-refractivity contribution in [3.8, 4) is 11.5 Å². The van der Waals surface area contributed by atoms with Gasteiger partial charge in [0, 0.05) is 12.1 Å². The molecular weight excluding hydrogens is 266 g/mol. The minimum absolute atomic E-state index is 0.00267. The van der Waals surface area contributed by atoms with Crippen molar-refractivity contribution >= 4 is 9.84 Å². The molecule has 0 radical (unpaired) electrons. The van der Waals surface area contributed by atoms with Gasteiger partial charge in [-0.1, -0.05) is 0 Å². The number of rotatable bonds is 4. The molecule has 1 aromatic rings. The van der Waals surface area contributed by atoms with Gasteiger partial charge in [-0.15, -0.1) is 0 Å². The minimum atomic E-state index is -3.36. The normalized spacial score (nSPS) is 20.1. The lowest BCUT2D eigenvalue weighted by Gasteiger charge is -2.19. The van der Waals surface area contributed by atoms with Crippen LogP contribution in [0.25, 0.3) is 0 Å². The highest BCUT2D eigenvalue weighted by atomic mass is 32.2. The Kier molecular flexibility index (Phi) is 3.14. The molecule has 0 aromatic heterocycles. The Balaban J connectivity index is 1.83. The van der Waals surface area contributed by atoms with Crippen LogP contribution in [0, 0.1) is 5.92 Å². The van der Waals surface area contributed by atoms with Gasteiger partial charge in [0.2, 0.25) is 0 Å². The van der Waals surface area contributed by atoms with E-state index >= 15 is 0 Å². The molecule has 0 saturated heterocycles. The van der Waals surface area contributed by atoms with Gasteiger partial charge in [0.25, 0.3) is 0 Å². The standard InChI is InChI=1S/C13H17NO4S/c14-11(9-1-2-9)8-19(15,16)10-3-4-12-13(7-10)18-6-5-17-12/h3-4,7,9,11H,1-2,5-6,8,14H2. The van der Waals surface area contributed by atoms with Gasteiger partial charge in [-0.25, -0.2) is 8.42 Å². The van der Waals surface area contributed by atoms with Gasteiger partial charge in [0.15, 0.2) is 21.3 Å². The predicted molar refractivity (Wildman–Crippen MR) is 70.2 cm³/mol. The van der Waals surface area contributed by atoms with E-state index in [0.29, 0.717) is 30.6 Å². The molecule has 1 unspecified atom stereocenters. The molecule has 1 heterocycles. The lowest BCUT2D eigenvalue weighted by atomic mass is 10.2. The van der Waals surface area contributed by atoms with Crippen LogP contribution in [0.15, 0.2) is 23.1 Å². The van der Waals surface area contributed by atoms with E-state index in [2.05, 4.69) is 0 Å². The second kappa shape index (κ2) is 4.68. The molecule has 2 aliphatic rings. The highest BCUT2D eigenvalue weighted by Gasteiger charge is 2.32. The van der Waals surface area contributed by atoms with Crippen molar-refractivity contribution in [2.75, 3.05) is 19.0 Å². The molecule has 3 rings (SSSR count). The van der Waals surface area contributed by atoms with Gasteiger partial charge < -0.3 is 15.2 Å². The molecule has 1 aliphatic carbocycles. The van der Waals surface area contributed by atoms with Crippen LogP contribution in [0.4, 0.5) is 0 Å². The molecule has 1 aliphatic heterocycles. The summed E-state index contributed by atoms with van der Waals surface area (Å²) in [4.78, 5) is 0.257. The summed E-state index contributed by atoms with van der Waals surface area (Å²) >= 11 is 0. The van der Waals surface area contributed by atoms with Crippen molar-refractivity contribution in [3.63, 3.8) is 0 Å². The fraction of sp³-hybridized carbons (Fsp3) is 0.538. The van der Waals surface area contributed by atoms with E-state index in [9.17, 15) is 8.42 Å². The molecule has 5 nitrogen and oxygen atoms in total. The van der Waals surface area contributed by atoms with Crippen LogP contribution in [0.5, 0.6) is 11.5 Å². The van der Waals surface area contributed by atoms with Crippen LogP contribution in [-0.4, -0.2) is 33.4 Å². The molecule has 0 bridgehead atoms. The molecule has 1 atom stereocenters. The molecule has 104 valence electrons. The average Bonchev–Trinajstić information content (AvgIpc) is 3.22. The van der Waals surface area contributed by atoms with Gasteiger partial charge in [-0.2, -0.15) is 0 Å². The Hall–Kier alpha value is -1.27. The molecule has 1 fully saturated rings. The fourth-order valence-corrected chi connectivity index (χ4v) is 3.76. The number of hydrogen-bond acceptors (Lipinski definition) is 5. The Labute approximate surface area is 112 Å². The van der Waals surface area contributed by atoms with E-state index in [-0.39, 0.29) is 16.7 Å². The zero-order valence-corrected chi connectivity index (χ0v) is 11.4. The summed E-state index contributed by atoms with van der Waals surface area (Å²) in [5, 5.41) is 0. The average molecular weight is 283 g/mol. The van der Waals surface area contributed by atoms with E-state index < -0.39 is 9.84 Å². The van der Waals surface area contributed by atoms with E-state index in [1.54, 1.807) is 12.1 Å². The third-order valence-electron chi connectivity index (χ3n) is 3.51. The summed E-state index contributed by atoms with van der Waals surface area (Å²) in [6.45, 7) is 0.934. The summed E-state index contributed by atoms with van der Waals surface area (Å²) < 4.78 is 35.3. The number of fused-ring (bicyclic) bond motifs is 1. The molecule has 0 amide bonds. The van der Waals surface area contributed by atoms with Crippen molar-refractivity contribution < 1.29 is 17.9 Å². The first kappa shape index (κ1) is 12.7. The first-order valence-corrected chi connectivity index (χ1v) is 8.09. The SMILES string of the molecule is NC(CS(=O)(=O)c1ccc2c(c1)OCCO2)C1CC1. The summed E-state index contributed by atoms with van der Waals surface area (Å²) in [7, 11) is -3.36. The molecule has 1 aromatic carbocycles. The Morgan fingerprint density at radius 2 is 1.89 bits per heavy atom. The highest BCUT2D eigenvalue weighted by Crippen LogP contribution is 2.35. The molecule has 2 N–H and O–H groups in total. The van der Waals surface area contributed by atoms with Crippen LogP contribution in [0.2, 0.25) is 0 Å². The van der Waals surface area contributed by atoms with Crippen molar-refractivity contribution in [2.45, 2.75) is 23.8 Å². The Morgan fingerprint density at radius 3 is 2.58 bits per heavy atom. The van der Waals surface area contributed by atoms with Gasteiger partial charge in [0.1, 0.15) is 13.2 Å². The summed E-state index contributed by atoms with van der Waals surface area (Å²) in [6.07, 6.45) is 2.08. The number of benzene rings is 1. The number of nitrogens with two attached hydrogens (primary N) is 1. The molecule has 19 heavy (non-hydrogen) atoms. The van der Waals surface area contributed by atoms with Crippen LogP contribution in [0.3, 0.4) is 0 Å². The maximum absolute atomic E-state index is 12.3. The first-order chi connectivity index (χ1) is 9.06. The quantitative estimate of drug-likeness (QED) is 0.890. The second-order valence-electron chi connectivity index (χ2n) is 5.09. The first-order valence-electron chi connectivity index (χ1n) is 6.44. The zero-order valence-electron chi connectivity index (χ0n) is 10.5. The number of sulfone groups is 1. The predicted octanol–water partition coefficient (Wildman–Crippen LogP) is 0.969. The van der Waals surface area contributed by atoms with E-state index in [4.69, 9.17) is 15.2 Å². The van der Waals surface area contributed by atoms with E-state index in [1.165, 1.54) is 6.07 Å². The fourth-order valence-electron chi connectivity index (χ4n) is 2.23. The number of ether oxygens (including phenoxy) is 2. The maximum Gasteiger partial charge on any atom is 0.180 e. The molecule has 6 heteroatoms. The summed E-state index contributed by atoms with van der Waals surface area (Å²) in [5.74, 6) is 1.45. The monoisotopic (exact) mass is 283 g/mol.